The Morgan fingerprint density at radius 2 is 1.58 bits per heavy atom. The number of aromatic nitrogens is 1. The summed E-state index contributed by atoms with van der Waals surface area (Å²) >= 11 is 0. The first-order valence-electron chi connectivity index (χ1n) is 15.9. The smallest absolute Gasteiger partial charge is 0.219 e. The minimum atomic E-state index is -2.94. The van der Waals surface area contributed by atoms with Crippen molar-refractivity contribution < 1.29 is 24.3 Å². The predicted octanol–water partition coefficient (Wildman–Crippen LogP) is 8.35. The van der Waals surface area contributed by atoms with Gasteiger partial charge in [-0.05, 0) is 66.6 Å². The quantitative estimate of drug-likeness (QED) is 0.227. The number of nitrogens with zero attached hydrogens (tertiary/aromatic N) is 2. The van der Waals surface area contributed by atoms with Crippen LogP contribution in [0, 0.1) is 37.8 Å². The van der Waals surface area contributed by atoms with Crippen molar-refractivity contribution in [3.05, 3.63) is 113 Å². The molecule has 6 aromatic rings. The first-order valence-corrected chi connectivity index (χ1v) is 11.9. The molecule has 0 aliphatic heterocycles. The number of benzene rings is 4. The van der Waals surface area contributed by atoms with Crippen LogP contribution in [0.5, 0.6) is 0 Å². The van der Waals surface area contributed by atoms with Gasteiger partial charge in [0.15, 0.2) is 6.17 Å². The SMILES string of the molecule is [2H]c1c(F)c(C([2H])([2H])[2H])c([2H])[n+](C)c1-c1c(C)ccc2c1oc1c(-c3ccc(C([2H])([2H])[2H])c(-c4ccccc4)c3)c(C#N)ccc12. The Bertz CT molecular complexity index is 2220. The van der Waals surface area contributed by atoms with Crippen molar-refractivity contribution in [2.24, 2.45) is 7.05 Å². The molecule has 0 saturated carbocycles. The van der Waals surface area contributed by atoms with Gasteiger partial charge in [-0.2, -0.15) is 5.26 Å². The minimum absolute atomic E-state index is 0.0342. The second-order valence-electron chi connectivity index (χ2n) is 9.17. The average molecular weight is 506 g/mol. The lowest BCUT2D eigenvalue weighted by Gasteiger charge is -2.11. The lowest BCUT2D eigenvalue weighted by Crippen LogP contribution is -2.31. The number of pyridine rings is 1. The van der Waals surface area contributed by atoms with Gasteiger partial charge < -0.3 is 4.42 Å². The van der Waals surface area contributed by atoms with Crippen molar-refractivity contribution in [3.63, 3.8) is 0 Å². The minimum Gasteiger partial charge on any atom is -0.454 e. The molecule has 0 bridgehead atoms. The van der Waals surface area contributed by atoms with Crippen molar-refractivity contribution in [3.8, 4) is 39.6 Å². The van der Waals surface area contributed by atoms with Gasteiger partial charge in [-0.25, -0.2) is 8.96 Å². The summed E-state index contributed by atoms with van der Waals surface area (Å²) in [5, 5.41) is 11.4. The highest BCUT2D eigenvalue weighted by molar-refractivity contribution is 6.14. The van der Waals surface area contributed by atoms with Crippen LogP contribution >= 0.6 is 0 Å². The number of rotatable bonds is 3. The van der Waals surface area contributed by atoms with Gasteiger partial charge in [-0.3, -0.25) is 0 Å². The number of furan rings is 1. The van der Waals surface area contributed by atoms with Gasteiger partial charge in [0, 0.05) is 36.2 Å². The monoisotopic (exact) mass is 505 g/mol. The molecule has 0 aliphatic rings. The zero-order valence-corrected chi connectivity index (χ0v) is 20.6. The highest BCUT2D eigenvalue weighted by Gasteiger charge is 2.24. The van der Waals surface area contributed by atoms with Crippen LogP contribution in [-0.2, 0) is 7.05 Å². The van der Waals surface area contributed by atoms with E-state index in [0.29, 0.717) is 49.7 Å². The summed E-state index contributed by atoms with van der Waals surface area (Å²) in [4.78, 5) is 0. The molecule has 2 heterocycles. The lowest BCUT2D eigenvalue weighted by atomic mass is 9.92. The molecular formula is C34H26FN2O+. The summed E-state index contributed by atoms with van der Waals surface area (Å²) in [5.41, 5.74) is 3.16. The lowest BCUT2D eigenvalue weighted by molar-refractivity contribution is -0.661. The second kappa shape index (κ2) is 8.97. The van der Waals surface area contributed by atoms with Gasteiger partial charge in [0.2, 0.25) is 5.69 Å². The fourth-order valence-electron chi connectivity index (χ4n) is 4.99. The molecular weight excluding hydrogens is 471 g/mol. The van der Waals surface area contributed by atoms with Gasteiger partial charge in [0.1, 0.15) is 25.4 Å². The van der Waals surface area contributed by atoms with Crippen molar-refractivity contribution in [2.75, 3.05) is 0 Å². The Morgan fingerprint density at radius 1 is 0.868 bits per heavy atom. The van der Waals surface area contributed by atoms with E-state index in [4.69, 9.17) is 15.4 Å². The molecule has 0 N–H and O–H groups in total. The van der Waals surface area contributed by atoms with Crippen molar-refractivity contribution >= 4 is 21.9 Å². The molecule has 3 nitrogen and oxygen atoms in total. The molecule has 184 valence electrons. The van der Waals surface area contributed by atoms with Gasteiger partial charge in [-0.1, -0.05) is 54.6 Å². The summed E-state index contributed by atoms with van der Waals surface area (Å²) in [5.74, 6) is -1.30. The number of hydrogen-bond donors (Lipinski definition) is 0. The van der Waals surface area contributed by atoms with Gasteiger partial charge in [-0.15, -0.1) is 0 Å². The third-order valence-corrected chi connectivity index (χ3v) is 6.83. The number of nitriles is 1. The van der Waals surface area contributed by atoms with Crippen molar-refractivity contribution in [1.82, 2.24) is 0 Å². The Balaban J connectivity index is 1.69. The molecule has 4 aromatic carbocycles. The van der Waals surface area contributed by atoms with Crippen LogP contribution in [0.1, 0.15) is 33.2 Å². The van der Waals surface area contributed by atoms with E-state index in [0.717, 1.165) is 0 Å². The van der Waals surface area contributed by atoms with Crippen molar-refractivity contribution in [2.45, 2.75) is 20.6 Å². The van der Waals surface area contributed by atoms with E-state index in [2.05, 4.69) is 6.07 Å². The van der Waals surface area contributed by atoms with E-state index in [1.807, 2.05) is 30.3 Å². The molecule has 0 spiro atoms. The number of halogens is 1. The van der Waals surface area contributed by atoms with Crippen molar-refractivity contribution in [1.29, 1.82) is 5.26 Å². The summed E-state index contributed by atoms with van der Waals surface area (Å²) in [6.07, 6.45) is -0.591. The summed E-state index contributed by atoms with van der Waals surface area (Å²) < 4.78 is 87.9. The standard InChI is InChI=1S/C34H26FN2O/c1-20-10-12-24(16-28(20)23-8-6-5-7-9-23)32-25(18-36)13-15-27-26-14-11-21(2)31(33(26)38-34(27)32)30-17-29(35)22(3)19-37(30)4/h5-17,19H,1-4H3/q+1/i1D3,3D3,17D,19D. The molecule has 0 fully saturated rings. The summed E-state index contributed by atoms with van der Waals surface area (Å²) in [6.45, 7) is -3.60. The van der Waals surface area contributed by atoms with Crippen LogP contribution in [0.15, 0.2) is 89.4 Å². The first kappa shape index (κ1) is 16.2. The topological polar surface area (TPSA) is 40.8 Å². The molecule has 38 heavy (non-hydrogen) atoms. The molecule has 0 radical (unpaired) electrons. The highest BCUT2D eigenvalue weighted by atomic mass is 19.1. The van der Waals surface area contributed by atoms with E-state index >= 15 is 4.39 Å². The maximum absolute atomic E-state index is 15.5. The van der Waals surface area contributed by atoms with Crippen LogP contribution in [-0.4, -0.2) is 0 Å². The summed E-state index contributed by atoms with van der Waals surface area (Å²) in [7, 11) is 1.40. The van der Waals surface area contributed by atoms with E-state index in [-0.39, 0.29) is 22.4 Å². The van der Waals surface area contributed by atoms with Crippen LogP contribution in [0.2, 0.25) is 0 Å². The van der Waals surface area contributed by atoms with E-state index in [9.17, 15) is 5.26 Å². The molecule has 0 unspecified atom stereocenters. The van der Waals surface area contributed by atoms with E-state index < -0.39 is 37.3 Å². The highest BCUT2D eigenvalue weighted by Crippen LogP contribution is 2.42. The fourth-order valence-corrected chi connectivity index (χ4v) is 4.99. The molecule has 6 rings (SSSR count). The Kier molecular flexibility index (Phi) is 3.82. The maximum atomic E-state index is 15.5. The predicted molar refractivity (Wildman–Crippen MR) is 150 cm³/mol. The normalized spacial score (nSPS) is 15.0. The average Bonchev–Trinajstić information content (AvgIpc) is 3.38. The third kappa shape index (κ3) is 3.67. The Morgan fingerprint density at radius 3 is 2.32 bits per heavy atom. The summed E-state index contributed by atoms with van der Waals surface area (Å²) in [6, 6.07) is 22.4. The Hall–Kier alpha value is -4.75. The zero-order chi connectivity index (χ0) is 33.3. The molecule has 4 heteroatoms. The van der Waals surface area contributed by atoms with E-state index in [1.165, 1.54) is 17.7 Å². The van der Waals surface area contributed by atoms with Crippen LogP contribution in [0.4, 0.5) is 4.39 Å². The number of hydrogen-bond acceptors (Lipinski definition) is 2. The fraction of sp³-hybridized carbons (Fsp3) is 0.118. The Labute approximate surface area is 232 Å². The molecule has 2 aromatic heterocycles. The molecule has 0 aliphatic carbocycles. The van der Waals surface area contributed by atoms with Gasteiger partial charge >= 0.3 is 0 Å². The first-order chi connectivity index (χ1) is 21.6. The van der Waals surface area contributed by atoms with Gasteiger partial charge in [0.25, 0.3) is 0 Å². The zero-order valence-electron chi connectivity index (χ0n) is 28.6. The van der Waals surface area contributed by atoms with Crippen LogP contribution in [0.3, 0.4) is 0 Å². The van der Waals surface area contributed by atoms with Crippen LogP contribution in [0.25, 0.3) is 55.4 Å². The van der Waals surface area contributed by atoms with Crippen LogP contribution < -0.4 is 4.57 Å². The largest absolute Gasteiger partial charge is 0.454 e. The third-order valence-electron chi connectivity index (χ3n) is 6.83. The number of aryl methyl sites for hydroxylation is 2. The van der Waals surface area contributed by atoms with Gasteiger partial charge in [0.05, 0.1) is 18.6 Å². The second-order valence-corrected chi connectivity index (χ2v) is 9.17. The molecule has 0 amide bonds. The molecule has 0 saturated heterocycles. The van der Waals surface area contributed by atoms with E-state index in [1.54, 1.807) is 43.3 Å². The number of fused-ring (bicyclic) bond motifs is 3. The maximum Gasteiger partial charge on any atom is 0.219 e. The molecule has 0 atom stereocenters.